The summed E-state index contributed by atoms with van der Waals surface area (Å²) in [5, 5.41) is 11.3. The highest BCUT2D eigenvalue weighted by Crippen LogP contribution is 2.07. The molecule has 0 aromatic heterocycles. The van der Waals surface area contributed by atoms with Crippen molar-refractivity contribution < 1.29 is 19.4 Å². The standard InChI is InChI=1S/C10H19NO4/c1-4-7(3)9(10(13)14)11-8(12)6-15-5-2/h7,9H,4-6H2,1-3H3,(H,11,12)(H,13,14)/t7-,9+/m1/s1. The first-order chi connectivity index (χ1) is 7.02. The van der Waals surface area contributed by atoms with Crippen molar-refractivity contribution in [3.8, 4) is 0 Å². The molecule has 5 heteroatoms. The van der Waals surface area contributed by atoms with Gasteiger partial charge in [-0.25, -0.2) is 4.79 Å². The molecule has 5 nitrogen and oxygen atoms in total. The lowest BCUT2D eigenvalue weighted by molar-refractivity contribution is -0.144. The van der Waals surface area contributed by atoms with Crippen molar-refractivity contribution in [1.82, 2.24) is 5.32 Å². The second-order valence-electron chi connectivity index (χ2n) is 3.41. The summed E-state index contributed by atoms with van der Waals surface area (Å²) in [6.07, 6.45) is 0.700. The molecule has 0 unspecified atom stereocenters. The Morgan fingerprint density at radius 2 is 2.00 bits per heavy atom. The molecule has 0 fully saturated rings. The lowest BCUT2D eigenvalue weighted by Crippen LogP contribution is -2.46. The lowest BCUT2D eigenvalue weighted by atomic mass is 9.99. The topological polar surface area (TPSA) is 75.6 Å². The zero-order valence-corrected chi connectivity index (χ0v) is 9.45. The predicted molar refractivity (Wildman–Crippen MR) is 55.5 cm³/mol. The molecule has 0 aliphatic rings. The molecule has 15 heavy (non-hydrogen) atoms. The summed E-state index contributed by atoms with van der Waals surface area (Å²) < 4.78 is 4.88. The molecule has 0 aromatic rings. The Morgan fingerprint density at radius 3 is 2.40 bits per heavy atom. The summed E-state index contributed by atoms with van der Waals surface area (Å²) >= 11 is 0. The predicted octanol–water partition coefficient (Wildman–Crippen LogP) is 0.638. The monoisotopic (exact) mass is 217 g/mol. The van der Waals surface area contributed by atoms with Crippen LogP contribution in [0.3, 0.4) is 0 Å². The number of hydrogen-bond donors (Lipinski definition) is 2. The third-order valence-electron chi connectivity index (χ3n) is 2.23. The van der Waals surface area contributed by atoms with Gasteiger partial charge in [0.15, 0.2) is 0 Å². The zero-order valence-electron chi connectivity index (χ0n) is 9.45. The van der Waals surface area contributed by atoms with Crippen LogP contribution in [0.4, 0.5) is 0 Å². The number of carboxylic acid groups (broad SMARTS) is 1. The van der Waals surface area contributed by atoms with Crippen LogP contribution in [0, 0.1) is 5.92 Å². The lowest BCUT2D eigenvalue weighted by Gasteiger charge is -2.19. The molecule has 0 saturated heterocycles. The van der Waals surface area contributed by atoms with E-state index in [0.717, 1.165) is 0 Å². The first-order valence-electron chi connectivity index (χ1n) is 5.12. The summed E-state index contributed by atoms with van der Waals surface area (Å²) in [5.41, 5.74) is 0. The van der Waals surface area contributed by atoms with Gasteiger partial charge < -0.3 is 15.2 Å². The molecule has 0 bridgehead atoms. The van der Waals surface area contributed by atoms with E-state index in [-0.39, 0.29) is 18.4 Å². The molecule has 0 radical (unpaired) electrons. The summed E-state index contributed by atoms with van der Waals surface area (Å²) in [6, 6.07) is -0.831. The molecule has 0 heterocycles. The van der Waals surface area contributed by atoms with Crippen molar-refractivity contribution in [3.63, 3.8) is 0 Å². The molecule has 0 aliphatic carbocycles. The smallest absolute Gasteiger partial charge is 0.326 e. The minimum atomic E-state index is -1.01. The average Bonchev–Trinajstić information content (AvgIpc) is 2.21. The van der Waals surface area contributed by atoms with Gasteiger partial charge in [-0.2, -0.15) is 0 Å². The second-order valence-corrected chi connectivity index (χ2v) is 3.41. The molecule has 0 aliphatic heterocycles. The maximum atomic E-state index is 11.2. The molecule has 0 saturated carbocycles. The molecule has 2 N–H and O–H groups in total. The normalized spacial score (nSPS) is 14.3. The number of carbonyl (C=O) groups is 2. The molecular formula is C10H19NO4. The van der Waals surface area contributed by atoms with Gasteiger partial charge in [0, 0.05) is 6.61 Å². The third-order valence-corrected chi connectivity index (χ3v) is 2.23. The highest BCUT2D eigenvalue weighted by molar-refractivity contribution is 5.84. The van der Waals surface area contributed by atoms with Gasteiger partial charge >= 0.3 is 5.97 Å². The first kappa shape index (κ1) is 13.9. The van der Waals surface area contributed by atoms with Crippen molar-refractivity contribution in [2.45, 2.75) is 33.2 Å². The number of carboxylic acids is 1. The van der Waals surface area contributed by atoms with Crippen LogP contribution in [-0.4, -0.2) is 36.2 Å². The number of rotatable bonds is 7. The minimum Gasteiger partial charge on any atom is -0.480 e. The number of ether oxygens (including phenoxy) is 1. The highest BCUT2D eigenvalue weighted by Gasteiger charge is 2.24. The van der Waals surface area contributed by atoms with Gasteiger partial charge in [-0.15, -0.1) is 0 Å². The molecule has 1 amide bonds. The average molecular weight is 217 g/mol. The van der Waals surface area contributed by atoms with E-state index in [2.05, 4.69) is 5.32 Å². The van der Waals surface area contributed by atoms with Crippen LogP contribution in [0.25, 0.3) is 0 Å². The van der Waals surface area contributed by atoms with Gasteiger partial charge in [-0.05, 0) is 12.8 Å². The second kappa shape index (κ2) is 7.23. The molecule has 0 spiro atoms. The fraction of sp³-hybridized carbons (Fsp3) is 0.800. The van der Waals surface area contributed by atoms with E-state index in [1.165, 1.54) is 0 Å². The fourth-order valence-electron chi connectivity index (χ4n) is 1.09. The first-order valence-corrected chi connectivity index (χ1v) is 5.12. The molecule has 88 valence electrons. The van der Waals surface area contributed by atoms with Gasteiger partial charge in [0.05, 0.1) is 0 Å². The van der Waals surface area contributed by atoms with Crippen molar-refractivity contribution in [1.29, 1.82) is 0 Å². The number of amides is 1. The molecule has 2 atom stereocenters. The van der Waals surface area contributed by atoms with Crippen LogP contribution < -0.4 is 5.32 Å². The number of nitrogens with one attached hydrogen (secondary N) is 1. The van der Waals surface area contributed by atoms with Crippen LogP contribution in [0.2, 0.25) is 0 Å². The van der Waals surface area contributed by atoms with Crippen molar-refractivity contribution in [2.24, 2.45) is 5.92 Å². The summed E-state index contributed by atoms with van der Waals surface area (Å²) in [5.74, 6) is -1.48. The van der Waals surface area contributed by atoms with E-state index < -0.39 is 12.0 Å². The Morgan fingerprint density at radius 1 is 1.40 bits per heavy atom. The fourth-order valence-corrected chi connectivity index (χ4v) is 1.09. The SMILES string of the molecule is CCOCC(=O)N[C@H](C(=O)O)[C@H](C)CC. The molecular weight excluding hydrogens is 198 g/mol. The van der Waals surface area contributed by atoms with E-state index in [9.17, 15) is 9.59 Å². The van der Waals surface area contributed by atoms with Gasteiger partial charge in [-0.1, -0.05) is 20.3 Å². The largest absolute Gasteiger partial charge is 0.480 e. The van der Waals surface area contributed by atoms with Crippen molar-refractivity contribution >= 4 is 11.9 Å². The van der Waals surface area contributed by atoms with E-state index in [4.69, 9.17) is 9.84 Å². The van der Waals surface area contributed by atoms with Gasteiger partial charge in [0.1, 0.15) is 12.6 Å². The Kier molecular flexibility index (Phi) is 6.70. The van der Waals surface area contributed by atoms with Crippen molar-refractivity contribution in [2.75, 3.05) is 13.2 Å². The molecule has 0 aromatic carbocycles. The Bertz CT molecular complexity index is 217. The van der Waals surface area contributed by atoms with Crippen LogP contribution in [0.1, 0.15) is 27.2 Å². The van der Waals surface area contributed by atoms with E-state index in [1.54, 1.807) is 13.8 Å². The van der Waals surface area contributed by atoms with E-state index in [0.29, 0.717) is 13.0 Å². The highest BCUT2D eigenvalue weighted by atomic mass is 16.5. The maximum absolute atomic E-state index is 11.2. The number of aliphatic carboxylic acids is 1. The quantitative estimate of drug-likeness (QED) is 0.656. The van der Waals surface area contributed by atoms with Gasteiger partial charge in [-0.3, -0.25) is 4.79 Å². The Balaban J connectivity index is 4.16. The Labute approximate surface area is 89.8 Å². The van der Waals surface area contributed by atoms with E-state index in [1.807, 2.05) is 6.92 Å². The van der Waals surface area contributed by atoms with Crippen LogP contribution in [0.5, 0.6) is 0 Å². The van der Waals surface area contributed by atoms with E-state index >= 15 is 0 Å². The maximum Gasteiger partial charge on any atom is 0.326 e. The zero-order chi connectivity index (χ0) is 11.8. The molecule has 0 rings (SSSR count). The third kappa shape index (κ3) is 5.37. The van der Waals surface area contributed by atoms with Gasteiger partial charge in [0.2, 0.25) is 5.91 Å². The number of hydrogen-bond acceptors (Lipinski definition) is 3. The Hall–Kier alpha value is -1.10. The van der Waals surface area contributed by atoms with Crippen LogP contribution >= 0.6 is 0 Å². The van der Waals surface area contributed by atoms with Crippen LogP contribution in [-0.2, 0) is 14.3 Å². The summed E-state index contributed by atoms with van der Waals surface area (Å²) in [7, 11) is 0. The summed E-state index contributed by atoms with van der Waals surface area (Å²) in [6.45, 7) is 5.80. The van der Waals surface area contributed by atoms with Crippen LogP contribution in [0.15, 0.2) is 0 Å². The van der Waals surface area contributed by atoms with Crippen molar-refractivity contribution in [3.05, 3.63) is 0 Å². The minimum absolute atomic E-state index is 0.0866. The van der Waals surface area contributed by atoms with Gasteiger partial charge in [0.25, 0.3) is 0 Å². The number of carbonyl (C=O) groups excluding carboxylic acids is 1. The summed E-state index contributed by atoms with van der Waals surface area (Å²) in [4.78, 5) is 22.1.